The molecular formula is C19H28N2O7. The molecule has 0 unspecified atom stereocenters. The number of urea groups is 1. The molecule has 0 fully saturated rings. The number of esters is 1. The lowest BCUT2D eigenvalue weighted by atomic mass is 10.1. The van der Waals surface area contributed by atoms with Gasteiger partial charge in [-0.25, -0.2) is 9.59 Å². The van der Waals surface area contributed by atoms with Crippen LogP contribution in [-0.4, -0.2) is 43.8 Å². The molecule has 0 radical (unpaired) electrons. The van der Waals surface area contributed by atoms with Gasteiger partial charge in [0.1, 0.15) is 0 Å². The van der Waals surface area contributed by atoms with Crippen LogP contribution in [0.3, 0.4) is 0 Å². The summed E-state index contributed by atoms with van der Waals surface area (Å²) in [5.74, 6) is -0.923. The highest BCUT2D eigenvalue weighted by atomic mass is 16.6. The molecule has 0 aromatic heterocycles. The average Bonchev–Trinajstić information content (AvgIpc) is 2.61. The van der Waals surface area contributed by atoms with Gasteiger partial charge in [-0.3, -0.25) is 10.1 Å². The molecule has 1 aromatic carbocycles. The van der Waals surface area contributed by atoms with E-state index in [0.717, 1.165) is 0 Å². The Labute approximate surface area is 164 Å². The lowest BCUT2D eigenvalue weighted by Crippen LogP contribution is -2.45. The summed E-state index contributed by atoms with van der Waals surface area (Å²) < 4.78 is 22.0. The number of nitrogens with one attached hydrogen (secondary N) is 1. The van der Waals surface area contributed by atoms with Crippen molar-refractivity contribution in [3.05, 3.63) is 17.7 Å². The van der Waals surface area contributed by atoms with Crippen molar-refractivity contribution in [2.24, 2.45) is 11.7 Å². The Balaban J connectivity index is 3.23. The number of carbonyl (C=O) groups is 3. The summed E-state index contributed by atoms with van der Waals surface area (Å²) in [6, 6.07) is 1.90. The van der Waals surface area contributed by atoms with Crippen LogP contribution in [0.5, 0.6) is 17.2 Å². The van der Waals surface area contributed by atoms with Gasteiger partial charge in [0.15, 0.2) is 17.6 Å². The number of hydrogen-bond acceptors (Lipinski definition) is 7. The zero-order valence-corrected chi connectivity index (χ0v) is 16.9. The van der Waals surface area contributed by atoms with Crippen molar-refractivity contribution in [1.82, 2.24) is 5.32 Å². The zero-order chi connectivity index (χ0) is 21.3. The molecule has 0 saturated carbocycles. The second-order valence-corrected chi connectivity index (χ2v) is 6.02. The van der Waals surface area contributed by atoms with E-state index in [1.807, 2.05) is 12.2 Å². The summed E-state index contributed by atoms with van der Waals surface area (Å²) in [6.45, 7) is 9.83. The standard InChI is InChI=1S/C19H28N2O7/c1-6-25-13-9-12(10-14(26-7-2)16(13)27-8-3)18(23)28-15(11(4)5)17(22)21-19(20)24/h9-11,15H,6-8H2,1-5H3,(H3,20,21,22,24)/t15-/m0/s1. The molecule has 28 heavy (non-hydrogen) atoms. The maximum absolute atomic E-state index is 12.7. The van der Waals surface area contributed by atoms with Gasteiger partial charge in [0, 0.05) is 0 Å². The van der Waals surface area contributed by atoms with Crippen LogP contribution >= 0.6 is 0 Å². The van der Waals surface area contributed by atoms with Crippen LogP contribution in [0, 0.1) is 5.92 Å². The van der Waals surface area contributed by atoms with Crippen molar-refractivity contribution < 1.29 is 33.3 Å². The molecule has 156 valence electrons. The normalized spacial score (nSPS) is 11.5. The molecule has 0 heterocycles. The first kappa shape index (κ1) is 23.1. The third kappa shape index (κ3) is 6.33. The highest BCUT2D eigenvalue weighted by Crippen LogP contribution is 2.39. The van der Waals surface area contributed by atoms with E-state index in [2.05, 4.69) is 0 Å². The number of imide groups is 1. The lowest BCUT2D eigenvalue weighted by Gasteiger charge is -2.21. The number of amides is 3. The van der Waals surface area contributed by atoms with Gasteiger partial charge in [-0.05, 0) is 38.8 Å². The molecule has 3 amide bonds. The van der Waals surface area contributed by atoms with Gasteiger partial charge in [-0.2, -0.15) is 0 Å². The summed E-state index contributed by atoms with van der Waals surface area (Å²) in [7, 11) is 0. The highest BCUT2D eigenvalue weighted by Gasteiger charge is 2.29. The van der Waals surface area contributed by atoms with E-state index in [1.165, 1.54) is 12.1 Å². The van der Waals surface area contributed by atoms with Gasteiger partial charge in [0.2, 0.25) is 5.75 Å². The molecule has 0 saturated heterocycles. The van der Waals surface area contributed by atoms with Crippen LogP contribution < -0.4 is 25.3 Å². The minimum Gasteiger partial charge on any atom is -0.490 e. The molecule has 9 heteroatoms. The summed E-state index contributed by atoms with van der Waals surface area (Å²) in [5.41, 5.74) is 5.08. The van der Waals surface area contributed by atoms with Crippen LogP contribution in [-0.2, 0) is 9.53 Å². The van der Waals surface area contributed by atoms with Crippen LogP contribution in [0.25, 0.3) is 0 Å². The summed E-state index contributed by atoms with van der Waals surface area (Å²) in [4.78, 5) is 35.7. The van der Waals surface area contributed by atoms with Gasteiger partial charge < -0.3 is 24.7 Å². The number of rotatable bonds is 10. The molecule has 1 rings (SSSR count). The number of ether oxygens (including phenoxy) is 4. The van der Waals surface area contributed by atoms with Crippen LogP contribution in [0.15, 0.2) is 12.1 Å². The molecule has 0 spiro atoms. The molecule has 0 aliphatic heterocycles. The Hall–Kier alpha value is -2.97. The van der Waals surface area contributed by atoms with Crippen molar-refractivity contribution in [2.75, 3.05) is 19.8 Å². The second-order valence-electron chi connectivity index (χ2n) is 6.02. The minimum absolute atomic E-state index is 0.118. The molecular weight excluding hydrogens is 368 g/mol. The summed E-state index contributed by atoms with van der Waals surface area (Å²) in [6.07, 6.45) is -1.20. The van der Waals surface area contributed by atoms with E-state index in [-0.39, 0.29) is 11.5 Å². The molecule has 1 aromatic rings. The number of primary amides is 1. The van der Waals surface area contributed by atoms with Gasteiger partial charge in [0.05, 0.1) is 25.4 Å². The summed E-state index contributed by atoms with van der Waals surface area (Å²) >= 11 is 0. The van der Waals surface area contributed by atoms with Crippen molar-refractivity contribution >= 4 is 17.9 Å². The first-order chi connectivity index (χ1) is 13.2. The zero-order valence-electron chi connectivity index (χ0n) is 16.9. The molecule has 3 N–H and O–H groups in total. The Bertz CT molecular complexity index is 677. The number of benzene rings is 1. The SMILES string of the molecule is CCOc1cc(C(=O)O[C@H](C(=O)NC(N)=O)C(C)C)cc(OCC)c1OCC. The van der Waals surface area contributed by atoms with Crippen molar-refractivity contribution in [3.63, 3.8) is 0 Å². The number of hydrogen-bond donors (Lipinski definition) is 2. The fourth-order valence-electron chi connectivity index (χ4n) is 2.37. The monoisotopic (exact) mass is 396 g/mol. The highest BCUT2D eigenvalue weighted by molar-refractivity contribution is 5.98. The van der Waals surface area contributed by atoms with E-state index in [1.54, 1.807) is 27.7 Å². The molecule has 9 nitrogen and oxygen atoms in total. The fourth-order valence-corrected chi connectivity index (χ4v) is 2.37. The Morgan fingerprint density at radius 2 is 1.46 bits per heavy atom. The average molecular weight is 396 g/mol. The summed E-state index contributed by atoms with van der Waals surface area (Å²) in [5, 5.41) is 1.92. The molecule has 1 atom stereocenters. The second kappa shape index (κ2) is 11.0. The van der Waals surface area contributed by atoms with Gasteiger partial charge in [0.25, 0.3) is 5.91 Å². The largest absolute Gasteiger partial charge is 0.490 e. The predicted octanol–water partition coefficient (Wildman–Crippen LogP) is 2.26. The first-order valence-electron chi connectivity index (χ1n) is 9.12. The Morgan fingerprint density at radius 3 is 1.86 bits per heavy atom. The third-order valence-electron chi connectivity index (χ3n) is 3.49. The van der Waals surface area contributed by atoms with Crippen molar-refractivity contribution in [1.29, 1.82) is 0 Å². The maximum atomic E-state index is 12.7. The van der Waals surface area contributed by atoms with E-state index in [9.17, 15) is 14.4 Å². The molecule has 0 bridgehead atoms. The smallest absolute Gasteiger partial charge is 0.339 e. The van der Waals surface area contributed by atoms with Gasteiger partial charge in [-0.15, -0.1) is 0 Å². The number of carbonyl (C=O) groups excluding carboxylic acids is 3. The van der Waals surface area contributed by atoms with Crippen LogP contribution in [0.2, 0.25) is 0 Å². The molecule has 0 aliphatic rings. The minimum atomic E-state index is -1.20. The van der Waals surface area contributed by atoms with Crippen molar-refractivity contribution in [3.8, 4) is 17.2 Å². The third-order valence-corrected chi connectivity index (χ3v) is 3.49. The first-order valence-corrected chi connectivity index (χ1v) is 9.12. The van der Waals surface area contributed by atoms with Crippen LogP contribution in [0.4, 0.5) is 4.79 Å². The van der Waals surface area contributed by atoms with Gasteiger partial charge in [-0.1, -0.05) is 13.8 Å². The van der Waals surface area contributed by atoms with Gasteiger partial charge >= 0.3 is 12.0 Å². The van der Waals surface area contributed by atoms with E-state index in [4.69, 9.17) is 24.7 Å². The number of nitrogens with two attached hydrogens (primary N) is 1. The topological polar surface area (TPSA) is 126 Å². The predicted molar refractivity (Wildman–Crippen MR) is 102 cm³/mol. The molecule has 0 aliphatic carbocycles. The Kier molecular flexibility index (Phi) is 9.07. The Morgan fingerprint density at radius 1 is 0.964 bits per heavy atom. The van der Waals surface area contributed by atoms with Crippen molar-refractivity contribution in [2.45, 2.75) is 40.7 Å². The van der Waals surface area contributed by atoms with E-state index in [0.29, 0.717) is 37.1 Å². The maximum Gasteiger partial charge on any atom is 0.339 e. The quantitative estimate of drug-likeness (QED) is 0.581. The van der Waals surface area contributed by atoms with Crippen LogP contribution in [0.1, 0.15) is 45.0 Å². The van der Waals surface area contributed by atoms with E-state index < -0.39 is 24.0 Å². The van der Waals surface area contributed by atoms with E-state index >= 15 is 0 Å². The fraction of sp³-hybridized carbons (Fsp3) is 0.526. The lowest BCUT2D eigenvalue weighted by molar-refractivity contribution is -0.130.